The van der Waals surface area contributed by atoms with E-state index in [1.54, 1.807) is 0 Å². The summed E-state index contributed by atoms with van der Waals surface area (Å²) in [7, 11) is 0. The van der Waals surface area contributed by atoms with Gasteiger partial charge in [0.1, 0.15) is 6.61 Å². The van der Waals surface area contributed by atoms with Gasteiger partial charge < -0.3 is 10.4 Å². The van der Waals surface area contributed by atoms with Crippen LogP contribution < -0.4 is 5.32 Å². The van der Waals surface area contributed by atoms with Gasteiger partial charge in [-0.1, -0.05) is 39.0 Å². The van der Waals surface area contributed by atoms with E-state index in [4.69, 9.17) is 5.11 Å². The Balaban J connectivity index is 2.66. The van der Waals surface area contributed by atoms with Gasteiger partial charge in [-0.05, 0) is 35.4 Å². The first-order chi connectivity index (χ1) is 8.34. The van der Waals surface area contributed by atoms with Crippen molar-refractivity contribution in [3.63, 3.8) is 0 Å². The number of aliphatic hydroxyl groups is 1. The third kappa shape index (κ3) is 4.15. The second-order valence-corrected chi connectivity index (χ2v) is 5.65. The molecule has 0 atom stereocenters. The highest BCUT2D eigenvalue weighted by atomic mass is 16.3. The first-order valence-corrected chi connectivity index (χ1v) is 6.32. The molecule has 0 radical (unpaired) electrons. The first kappa shape index (κ1) is 14.7. The Bertz CT molecular complexity index is 419. The summed E-state index contributed by atoms with van der Waals surface area (Å²) >= 11 is 0. The van der Waals surface area contributed by atoms with Gasteiger partial charge in [0.2, 0.25) is 5.91 Å². The van der Waals surface area contributed by atoms with Crippen molar-refractivity contribution < 1.29 is 9.90 Å². The van der Waals surface area contributed by atoms with Gasteiger partial charge >= 0.3 is 0 Å². The van der Waals surface area contributed by atoms with E-state index in [1.807, 2.05) is 0 Å². The molecule has 0 heterocycles. The molecule has 3 nitrogen and oxygen atoms in total. The summed E-state index contributed by atoms with van der Waals surface area (Å²) in [5.41, 5.74) is 3.97. The summed E-state index contributed by atoms with van der Waals surface area (Å²) in [6.45, 7) is 8.81. The van der Waals surface area contributed by atoms with Gasteiger partial charge in [0.15, 0.2) is 0 Å². The molecule has 3 heteroatoms. The number of rotatable bonds is 4. The number of carbonyl (C=O) groups is 1. The Hall–Kier alpha value is -1.35. The minimum absolute atomic E-state index is 0.161. The molecule has 0 aliphatic carbocycles. The average Bonchev–Trinajstić information content (AvgIpc) is 2.29. The topological polar surface area (TPSA) is 49.3 Å². The second kappa shape index (κ2) is 6.01. The predicted octanol–water partition coefficient (Wildman–Crippen LogP) is 1.94. The molecule has 1 rings (SSSR count). The van der Waals surface area contributed by atoms with Crippen LogP contribution in [0.3, 0.4) is 0 Å². The predicted molar refractivity (Wildman–Crippen MR) is 73.7 cm³/mol. The fourth-order valence-corrected chi connectivity index (χ4v) is 1.84. The molecule has 0 fully saturated rings. The number of aliphatic hydroxyl groups excluding tert-OH is 1. The number of aryl methyl sites for hydroxylation is 1. The van der Waals surface area contributed by atoms with Crippen molar-refractivity contribution >= 4 is 5.91 Å². The standard InChI is InChI=1S/C15H23NO2/c1-11-9-13(15(2,3)4)6-5-12(11)7-8-16-14(18)10-17/h5-6,9,17H,7-8,10H2,1-4H3,(H,16,18). The van der Waals surface area contributed by atoms with E-state index < -0.39 is 6.61 Å². The van der Waals surface area contributed by atoms with Gasteiger partial charge in [0, 0.05) is 6.54 Å². The number of carbonyl (C=O) groups excluding carboxylic acids is 1. The maximum absolute atomic E-state index is 10.9. The Morgan fingerprint density at radius 1 is 1.33 bits per heavy atom. The molecule has 0 unspecified atom stereocenters. The number of hydrogen-bond donors (Lipinski definition) is 2. The highest BCUT2D eigenvalue weighted by molar-refractivity contribution is 5.76. The van der Waals surface area contributed by atoms with E-state index in [1.165, 1.54) is 16.7 Å². The fraction of sp³-hybridized carbons (Fsp3) is 0.533. The van der Waals surface area contributed by atoms with Gasteiger partial charge in [-0.2, -0.15) is 0 Å². The summed E-state index contributed by atoms with van der Waals surface area (Å²) in [6, 6.07) is 6.49. The lowest BCUT2D eigenvalue weighted by molar-refractivity contribution is -0.123. The summed E-state index contributed by atoms with van der Waals surface area (Å²) in [5, 5.41) is 11.3. The summed E-state index contributed by atoms with van der Waals surface area (Å²) in [6.07, 6.45) is 0.794. The summed E-state index contributed by atoms with van der Waals surface area (Å²) < 4.78 is 0. The SMILES string of the molecule is Cc1cc(C(C)(C)C)ccc1CCNC(=O)CO. The Morgan fingerprint density at radius 2 is 2.00 bits per heavy atom. The van der Waals surface area contributed by atoms with Crippen LogP contribution in [0.25, 0.3) is 0 Å². The smallest absolute Gasteiger partial charge is 0.245 e. The van der Waals surface area contributed by atoms with Crippen molar-refractivity contribution in [1.29, 1.82) is 0 Å². The minimum Gasteiger partial charge on any atom is -0.387 e. The van der Waals surface area contributed by atoms with Crippen molar-refractivity contribution in [3.8, 4) is 0 Å². The number of nitrogens with one attached hydrogen (secondary N) is 1. The molecule has 0 spiro atoms. The molecular formula is C15H23NO2. The maximum atomic E-state index is 10.9. The van der Waals surface area contributed by atoms with Gasteiger partial charge in [0.25, 0.3) is 0 Å². The van der Waals surface area contributed by atoms with Crippen molar-refractivity contribution in [2.45, 2.75) is 39.5 Å². The van der Waals surface area contributed by atoms with Gasteiger partial charge in [-0.25, -0.2) is 0 Å². The molecule has 0 aliphatic heterocycles. The normalized spacial score (nSPS) is 11.4. The summed E-state index contributed by atoms with van der Waals surface area (Å²) in [4.78, 5) is 10.9. The van der Waals surface area contributed by atoms with Crippen LogP contribution in [-0.4, -0.2) is 24.2 Å². The number of hydrogen-bond acceptors (Lipinski definition) is 2. The van der Waals surface area contributed by atoms with Gasteiger partial charge in [-0.15, -0.1) is 0 Å². The molecule has 0 saturated heterocycles. The van der Waals surface area contributed by atoms with Crippen molar-refractivity contribution in [2.24, 2.45) is 0 Å². The number of amides is 1. The van der Waals surface area contributed by atoms with E-state index in [2.05, 4.69) is 51.2 Å². The van der Waals surface area contributed by atoms with Gasteiger partial charge in [-0.3, -0.25) is 4.79 Å². The maximum Gasteiger partial charge on any atom is 0.245 e. The van der Waals surface area contributed by atoms with Crippen LogP contribution >= 0.6 is 0 Å². The molecule has 0 saturated carbocycles. The van der Waals surface area contributed by atoms with Crippen LogP contribution in [-0.2, 0) is 16.6 Å². The van der Waals surface area contributed by atoms with Crippen LogP contribution in [0.15, 0.2) is 18.2 Å². The van der Waals surface area contributed by atoms with E-state index in [0.717, 1.165) is 6.42 Å². The lowest BCUT2D eigenvalue weighted by atomic mass is 9.85. The zero-order chi connectivity index (χ0) is 13.8. The van der Waals surface area contributed by atoms with E-state index >= 15 is 0 Å². The highest BCUT2D eigenvalue weighted by Gasteiger charge is 2.14. The Kier molecular flexibility index (Phi) is 4.91. The van der Waals surface area contributed by atoms with Crippen molar-refractivity contribution in [2.75, 3.05) is 13.2 Å². The molecule has 1 aromatic carbocycles. The summed E-state index contributed by atoms with van der Waals surface area (Å²) in [5.74, 6) is -0.320. The van der Waals surface area contributed by atoms with Crippen LogP contribution in [0.1, 0.15) is 37.5 Å². The molecule has 1 aromatic rings. The molecule has 0 bridgehead atoms. The zero-order valence-corrected chi connectivity index (χ0v) is 11.7. The molecule has 2 N–H and O–H groups in total. The van der Waals surface area contributed by atoms with Crippen molar-refractivity contribution in [1.82, 2.24) is 5.32 Å². The van der Waals surface area contributed by atoms with Gasteiger partial charge in [0.05, 0.1) is 0 Å². The Labute approximate surface area is 109 Å². The quantitative estimate of drug-likeness (QED) is 0.857. The molecular weight excluding hydrogens is 226 g/mol. The van der Waals surface area contributed by atoms with Crippen LogP contribution in [0.2, 0.25) is 0 Å². The fourth-order valence-electron chi connectivity index (χ4n) is 1.84. The van der Waals surface area contributed by atoms with Crippen LogP contribution in [0.5, 0.6) is 0 Å². The average molecular weight is 249 g/mol. The third-order valence-corrected chi connectivity index (χ3v) is 3.07. The first-order valence-electron chi connectivity index (χ1n) is 6.32. The largest absolute Gasteiger partial charge is 0.387 e. The Morgan fingerprint density at radius 3 is 2.50 bits per heavy atom. The monoisotopic (exact) mass is 249 g/mol. The van der Waals surface area contributed by atoms with Crippen LogP contribution in [0.4, 0.5) is 0 Å². The zero-order valence-electron chi connectivity index (χ0n) is 11.7. The highest BCUT2D eigenvalue weighted by Crippen LogP contribution is 2.24. The molecule has 0 aliphatic rings. The molecule has 100 valence electrons. The minimum atomic E-state index is -0.443. The third-order valence-electron chi connectivity index (χ3n) is 3.07. The van der Waals surface area contributed by atoms with E-state index in [0.29, 0.717) is 6.54 Å². The second-order valence-electron chi connectivity index (χ2n) is 5.65. The number of benzene rings is 1. The lowest BCUT2D eigenvalue weighted by Crippen LogP contribution is -2.28. The van der Waals surface area contributed by atoms with E-state index in [9.17, 15) is 4.79 Å². The molecule has 18 heavy (non-hydrogen) atoms. The molecule has 1 amide bonds. The van der Waals surface area contributed by atoms with Crippen molar-refractivity contribution in [3.05, 3.63) is 34.9 Å². The lowest BCUT2D eigenvalue weighted by Gasteiger charge is -2.20. The molecule has 0 aromatic heterocycles. The van der Waals surface area contributed by atoms with E-state index in [-0.39, 0.29) is 11.3 Å². The van der Waals surface area contributed by atoms with Crippen LogP contribution in [0, 0.1) is 6.92 Å².